The lowest BCUT2D eigenvalue weighted by atomic mass is 9.96. The Balaban J connectivity index is 1.44. The molecule has 1 aromatic rings. The van der Waals surface area contributed by atoms with Crippen LogP contribution in [-0.2, 0) is 11.3 Å². The van der Waals surface area contributed by atoms with E-state index >= 15 is 0 Å². The Kier molecular flexibility index (Phi) is 7.10. The highest BCUT2D eigenvalue weighted by Crippen LogP contribution is 2.18. The minimum absolute atomic E-state index is 0.0538. The third-order valence-corrected chi connectivity index (χ3v) is 5.54. The molecule has 1 heterocycles. The normalized spacial score (nSPS) is 18.9. The topological polar surface area (TPSA) is 70.7 Å². The highest BCUT2D eigenvalue weighted by atomic mass is 16.5. The van der Waals surface area contributed by atoms with Crippen molar-refractivity contribution in [1.82, 2.24) is 15.5 Å². The molecule has 2 fully saturated rings. The number of amides is 3. The Morgan fingerprint density at radius 2 is 1.70 bits per heavy atom. The number of ether oxygens (including phenoxy) is 1. The fraction of sp³-hybridized carbons (Fsp3) is 0.619. The van der Waals surface area contributed by atoms with E-state index in [4.69, 9.17) is 4.74 Å². The number of nitrogens with zero attached hydrogens (tertiary/aromatic N) is 1. The van der Waals surface area contributed by atoms with Crippen LogP contribution in [0.5, 0.6) is 0 Å². The zero-order valence-electron chi connectivity index (χ0n) is 16.2. The number of likely N-dealkylation sites (tertiary alicyclic amines) is 1. The van der Waals surface area contributed by atoms with Gasteiger partial charge in [-0.15, -0.1) is 0 Å². The molecule has 0 unspecified atom stereocenters. The number of nitrogens with one attached hydrogen (secondary N) is 2. The molecule has 1 aliphatic heterocycles. The van der Waals surface area contributed by atoms with Gasteiger partial charge in [-0.05, 0) is 43.4 Å². The number of piperidine rings is 1. The van der Waals surface area contributed by atoms with E-state index in [1.807, 2.05) is 29.2 Å². The third kappa shape index (κ3) is 5.70. The summed E-state index contributed by atoms with van der Waals surface area (Å²) in [5.41, 5.74) is 1.70. The molecule has 148 valence electrons. The summed E-state index contributed by atoms with van der Waals surface area (Å²) >= 11 is 0. The standard InChI is InChI=1S/C21H31N3O3/c1-27-15-16-6-5-7-17(14-16)20(25)24-12-10-19(11-13-24)23-21(26)22-18-8-3-2-4-9-18/h5-7,14,18-19H,2-4,8-13,15H2,1H3,(H2,22,23,26). The van der Waals surface area contributed by atoms with Crippen molar-refractivity contribution < 1.29 is 14.3 Å². The lowest BCUT2D eigenvalue weighted by molar-refractivity contribution is 0.0708. The van der Waals surface area contributed by atoms with E-state index in [-0.39, 0.29) is 18.0 Å². The van der Waals surface area contributed by atoms with Crippen molar-refractivity contribution in [2.45, 2.75) is 63.6 Å². The van der Waals surface area contributed by atoms with Crippen LogP contribution in [0.25, 0.3) is 0 Å². The summed E-state index contributed by atoms with van der Waals surface area (Å²) in [5, 5.41) is 6.19. The Morgan fingerprint density at radius 3 is 2.37 bits per heavy atom. The van der Waals surface area contributed by atoms with Gasteiger partial charge in [-0.1, -0.05) is 31.4 Å². The van der Waals surface area contributed by atoms with Crippen molar-refractivity contribution in [3.8, 4) is 0 Å². The number of carbonyl (C=O) groups is 2. The van der Waals surface area contributed by atoms with Crippen molar-refractivity contribution in [2.24, 2.45) is 0 Å². The van der Waals surface area contributed by atoms with E-state index in [9.17, 15) is 9.59 Å². The summed E-state index contributed by atoms with van der Waals surface area (Å²) in [6, 6.07) is 8.00. The minimum Gasteiger partial charge on any atom is -0.380 e. The van der Waals surface area contributed by atoms with Gasteiger partial charge in [0.25, 0.3) is 5.91 Å². The summed E-state index contributed by atoms with van der Waals surface area (Å²) in [7, 11) is 1.65. The molecule has 1 saturated heterocycles. The average Bonchev–Trinajstić information content (AvgIpc) is 2.69. The molecule has 0 bridgehead atoms. The smallest absolute Gasteiger partial charge is 0.315 e. The van der Waals surface area contributed by atoms with E-state index in [1.54, 1.807) is 7.11 Å². The Labute approximate surface area is 161 Å². The molecule has 0 spiro atoms. The molecule has 2 aliphatic rings. The molecular weight excluding hydrogens is 342 g/mol. The van der Waals surface area contributed by atoms with Crippen LogP contribution in [0, 0.1) is 0 Å². The molecule has 0 aromatic heterocycles. The van der Waals surface area contributed by atoms with Crippen molar-refractivity contribution in [1.29, 1.82) is 0 Å². The lowest BCUT2D eigenvalue weighted by Crippen LogP contribution is -2.51. The zero-order valence-corrected chi connectivity index (χ0v) is 16.2. The van der Waals surface area contributed by atoms with Gasteiger partial charge in [-0.2, -0.15) is 0 Å². The Bertz CT molecular complexity index is 635. The summed E-state index contributed by atoms with van der Waals surface area (Å²) in [6.45, 7) is 1.84. The van der Waals surface area contributed by atoms with Crippen molar-refractivity contribution in [3.05, 3.63) is 35.4 Å². The van der Waals surface area contributed by atoms with Crippen molar-refractivity contribution in [3.63, 3.8) is 0 Å². The van der Waals surface area contributed by atoms with Crippen LogP contribution in [0.1, 0.15) is 60.9 Å². The second kappa shape index (κ2) is 9.74. The highest BCUT2D eigenvalue weighted by molar-refractivity contribution is 5.94. The predicted octanol–water partition coefficient (Wildman–Crippen LogP) is 3.07. The van der Waals surface area contributed by atoms with Gasteiger partial charge in [-0.25, -0.2) is 4.79 Å². The van der Waals surface area contributed by atoms with Gasteiger partial charge in [-0.3, -0.25) is 4.79 Å². The lowest BCUT2D eigenvalue weighted by Gasteiger charge is -2.33. The summed E-state index contributed by atoms with van der Waals surface area (Å²) in [5.74, 6) is 0.0538. The van der Waals surface area contributed by atoms with E-state index in [0.29, 0.717) is 31.3 Å². The quantitative estimate of drug-likeness (QED) is 0.833. The number of urea groups is 1. The molecule has 1 aromatic carbocycles. The first-order valence-corrected chi connectivity index (χ1v) is 10.1. The van der Waals surface area contributed by atoms with Gasteiger partial charge < -0.3 is 20.3 Å². The summed E-state index contributed by atoms with van der Waals surface area (Å²) < 4.78 is 5.14. The van der Waals surface area contributed by atoms with Crippen LogP contribution in [0.3, 0.4) is 0 Å². The molecule has 1 aliphatic carbocycles. The first-order chi connectivity index (χ1) is 13.2. The van der Waals surface area contributed by atoms with Crippen LogP contribution >= 0.6 is 0 Å². The van der Waals surface area contributed by atoms with Crippen LogP contribution in [0.4, 0.5) is 4.79 Å². The van der Waals surface area contributed by atoms with Crippen LogP contribution in [-0.4, -0.2) is 49.1 Å². The molecule has 27 heavy (non-hydrogen) atoms. The van der Waals surface area contributed by atoms with E-state index < -0.39 is 0 Å². The molecule has 0 atom stereocenters. The SMILES string of the molecule is COCc1cccc(C(=O)N2CCC(NC(=O)NC3CCCCC3)CC2)c1. The molecule has 3 rings (SSSR count). The summed E-state index contributed by atoms with van der Waals surface area (Å²) in [6.07, 6.45) is 7.45. The predicted molar refractivity (Wildman–Crippen MR) is 105 cm³/mol. The summed E-state index contributed by atoms with van der Waals surface area (Å²) in [4.78, 5) is 26.8. The third-order valence-electron chi connectivity index (χ3n) is 5.54. The van der Waals surface area contributed by atoms with Gasteiger partial charge in [0, 0.05) is 37.8 Å². The highest BCUT2D eigenvalue weighted by Gasteiger charge is 2.25. The van der Waals surface area contributed by atoms with Crippen molar-refractivity contribution in [2.75, 3.05) is 20.2 Å². The number of methoxy groups -OCH3 is 1. The van der Waals surface area contributed by atoms with E-state index in [2.05, 4.69) is 10.6 Å². The zero-order chi connectivity index (χ0) is 19.1. The number of hydrogen-bond donors (Lipinski definition) is 2. The van der Waals surface area contributed by atoms with Gasteiger partial charge >= 0.3 is 6.03 Å². The monoisotopic (exact) mass is 373 g/mol. The van der Waals surface area contributed by atoms with Crippen molar-refractivity contribution >= 4 is 11.9 Å². The second-order valence-corrected chi connectivity index (χ2v) is 7.65. The number of carbonyl (C=O) groups excluding carboxylic acids is 2. The molecule has 6 nitrogen and oxygen atoms in total. The number of rotatable bonds is 5. The maximum atomic E-state index is 12.7. The molecule has 6 heteroatoms. The fourth-order valence-electron chi connectivity index (χ4n) is 4.03. The van der Waals surface area contributed by atoms with Gasteiger partial charge in [0.1, 0.15) is 0 Å². The average molecular weight is 373 g/mol. The van der Waals surface area contributed by atoms with Gasteiger partial charge in [0.15, 0.2) is 0 Å². The Morgan fingerprint density at radius 1 is 1.04 bits per heavy atom. The molecule has 1 saturated carbocycles. The first-order valence-electron chi connectivity index (χ1n) is 10.1. The first kappa shape index (κ1) is 19.7. The van der Waals surface area contributed by atoms with Gasteiger partial charge in [0.05, 0.1) is 6.61 Å². The van der Waals surface area contributed by atoms with Gasteiger partial charge in [0.2, 0.25) is 0 Å². The molecular formula is C21H31N3O3. The maximum absolute atomic E-state index is 12.7. The minimum atomic E-state index is -0.0565. The van der Waals surface area contributed by atoms with Crippen LogP contribution in [0.2, 0.25) is 0 Å². The largest absolute Gasteiger partial charge is 0.380 e. The number of hydrogen-bond acceptors (Lipinski definition) is 3. The van der Waals surface area contributed by atoms with Crippen LogP contribution in [0.15, 0.2) is 24.3 Å². The molecule has 0 radical (unpaired) electrons. The maximum Gasteiger partial charge on any atom is 0.315 e. The van der Waals surface area contributed by atoms with E-state index in [0.717, 1.165) is 31.2 Å². The van der Waals surface area contributed by atoms with E-state index in [1.165, 1.54) is 19.3 Å². The second-order valence-electron chi connectivity index (χ2n) is 7.65. The number of benzene rings is 1. The molecule has 3 amide bonds. The Hall–Kier alpha value is -2.08. The molecule has 2 N–H and O–H groups in total. The fourth-order valence-corrected chi connectivity index (χ4v) is 4.03. The van der Waals surface area contributed by atoms with Crippen LogP contribution < -0.4 is 10.6 Å².